The lowest BCUT2D eigenvalue weighted by Crippen LogP contribution is -2.17. The normalized spacial score (nSPS) is 12.4. The zero-order chi connectivity index (χ0) is 11.4. The van der Waals surface area contributed by atoms with Gasteiger partial charge < -0.3 is 5.32 Å². The molecule has 2 aromatic heterocycles. The van der Waals surface area contributed by atoms with E-state index in [2.05, 4.69) is 50.7 Å². The zero-order valence-corrected chi connectivity index (χ0v) is 11.4. The average Bonchev–Trinajstić information content (AvgIpc) is 2.70. The van der Waals surface area contributed by atoms with Crippen LogP contribution in [-0.4, -0.2) is 11.0 Å². The Hall–Kier alpha value is -0.870. The minimum Gasteiger partial charge on any atom is -0.381 e. The van der Waals surface area contributed by atoms with Crippen LogP contribution in [0, 0.1) is 0 Å². The molecule has 1 N–H and O–H groups in total. The van der Waals surface area contributed by atoms with Crippen molar-refractivity contribution in [3.8, 4) is 0 Å². The lowest BCUT2D eigenvalue weighted by Gasteiger charge is -2.14. The summed E-state index contributed by atoms with van der Waals surface area (Å²) in [4.78, 5) is 5.53. The maximum Gasteiger partial charge on any atom is 0.0540 e. The first kappa shape index (κ1) is 11.6. The van der Waals surface area contributed by atoms with Gasteiger partial charge in [0, 0.05) is 28.0 Å². The molecule has 0 amide bonds. The Labute approximate surface area is 108 Å². The highest BCUT2D eigenvalue weighted by atomic mass is 79.9. The van der Waals surface area contributed by atoms with E-state index in [1.165, 1.54) is 4.88 Å². The van der Waals surface area contributed by atoms with Crippen molar-refractivity contribution in [1.82, 2.24) is 4.98 Å². The van der Waals surface area contributed by atoms with Crippen LogP contribution in [0.1, 0.15) is 11.8 Å². The third-order valence-corrected chi connectivity index (χ3v) is 3.54. The second-order valence-corrected chi connectivity index (χ2v) is 5.67. The van der Waals surface area contributed by atoms with Crippen LogP contribution in [0.3, 0.4) is 0 Å². The monoisotopic (exact) mass is 296 g/mol. The summed E-state index contributed by atoms with van der Waals surface area (Å²) in [6.07, 6.45) is 4.68. The lowest BCUT2D eigenvalue weighted by atomic mass is 10.2. The summed E-state index contributed by atoms with van der Waals surface area (Å²) in [5.41, 5.74) is 1.05. The molecule has 1 atom stereocenters. The number of nitrogens with zero attached hydrogens (tertiary/aromatic N) is 1. The summed E-state index contributed by atoms with van der Waals surface area (Å²) in [7, 11) is 0. The molecule has 2 nitrogen and oxygen atoms in total. The fourth-order valence-electron chi connectivity index (χ4n) is 1.56. The highest BCUT2D eigenvalue weighted by Crippen LogP contribution is 2.17. The maximum absolute atomic E-state index is 4.13. The fourth-order valence-corrected chi connectivity index (χ4v) is 2.76. The molecule has 0 aliphatic rings. The van der Waals surface area contributed by atoms with Gasteiger partial charge in [0.25, 0.3) is 0 Å². The van der Waals surface area contributed by atoms with Crippen LogP contribution in [0.15, 0.2) is 40.4 Å². The molecule has 16 heavy (non-hydrogen) atoms. The van der Waals surface area contributed by atoms with Crippen molar-refractivity contribution >= 4 is 33.0 Å². The number of halogens is 1. The number of thiophene rings is 1. The van der Waals surface area contributed by atoms with Gasteiger partial charge in [0.1, 0.15) is 0 Å². The Morgan fingerprint density at radius 3 is 3.06 bits per heavy atom. The number of pyridine rings is 1. The van der Waals surface area contributed by atoms with Gasteiger partial charge in [-0.05, 0) is 40.4 Å². The maximum atomic E-state index is 4.13. The number of hydrogen-bond donors (Lipinski definition) is 1. The number of rotatable bonds is 4. The molecule has 1 unspecified atom stereocenters. The molecular weight excluding hydrogens is 284 g/mol. The van der Waals surface area contributed by atoms with E-state index in [0.717, 1.165) is 16.6 Å². The highest BCUT2D eigenvalue weighted by molar-refractivity contribution is 9.10. The number of aromatic nitrogens is 1. The molecule has 0 aromatic carbocycles. The Morgan fingerprint density at radius 2 is 2.38 bits per heavy atom. The van der Waals surface area contributed by atoms with Crippen molar-refractivity contribution in [3.63, 3.8) is 0 Å². The van der Waals surface area contributed by atoms with Crippen LogP contribution in [0.5, 0.6) is 0 Å². The molecule has 84 valence electrons. The van der Waals surface area contributed by atoms with Gasteiger partial charge in [0.2, 0.25) is 0 Å². The molecule has 0 aliphatic heterocycles. The van der Waals surface area contributed by atoms with E-state index in [1.807, 2.05) is 12.3 Å². The van der Waals surface area contributed by atoms with E-state index in [0.29, 0.717) is 6.04 Å². The largest absolute Gasteiger partial charge is 0.381 e. The van der Waals surface area contributed by atoms with E-state index >= 15 is 0 Å². The molecule has 0 aliphatic carbocycles. The Kier molecular flexibility index (Phi) is 3.96. The smallest absolute Gasteiger partial charge is 0.0540 e. The first-order chi connectivity index (χ1) is 7.74. The molecule has 2 heterocycles. The standard InChI is InChI=1S/C12H13BrN2S/c1-9(5-12-3-2-4-16-12)15-11-6-10(13)7-14-8-11/h2-4,6-9,15H,5H2,1H3. The Bertz CT molecular complexity index is 442. The van der Waals surface area contributed by atoms with Crippen molar-refractivity contribution in [2.45, 2.75) is 19.4 Å². The molecule has 0 saturated heterocycles. The van der Waals surface area contributed by atoms with Crippen LogP contribution < -0.4 is 5.32 Å². The first-order valence-electron chi connectivity index (χ1n) is 5.13. The first-order valence-corrected chi connectivity index (χ1v) is 6.81. The quantitative estimate of drug-likeness (QED) is 0.924. The summed E-state index contributed by atoms with van der Waals surface area (Å²) >= 11 is 5.21. The second-order valence-electron chi connectivity index (χ2n) is 3.72. The fraction of sp³-hybridized carbons (Fsp3) is 0.250. The molecule has 2 aromatic rings. The van der Waals surface area contributed by atoms with Gasteiger partial charge in [-0.25, -0.2) is 0 Å². The van der Waals surface area contributed by atoms with Gasteiger partial charge in [0.15, 0.2) is 0 Å². The summed E-state index contributed by atoms with van der Waals surface area (Å²) in [5.74, 6) is 0. The van der Waals surface area contributed by atoms with E-state index in [4.69, 9.17) is 0 Å². The molecule has 0 bridgehead atoms. The molecule has 0 fully saturated rings. The number of anilines is 1. The topological polar surface area (TPSA) is 24.9 Å². The van der Waals surface area contributed by atoms with Crippen LogP contribution in [-0.2, 0) is 6.42 Å². The van der Waals surface area contributed by atoms with Crippen LogP contribution >= 0.6 is 27.3 Å². The minimum absolute atomic E-state index is 0.412. The lowest BCUT2D eigenvalue weighted by molar-refractivity contribution is 0.799. The molecule has 0 saturated carbocycles. The van der Waals surface area contributed by atoms with Gasteiger partial charge in [-0.15, -0.1) is 11.3 Å². The molecule has 0 radical (unpaired) electrons. The van der Waals surface area contributed by atoms with Crippen molar-refractivity contribution in [2.75, 3.05) is 5.32 Å². The average molecular weight is 297 g/mol. The van der Waals surface area contributed by atoms with E-state index in [9.17, 15) is 0 Å². The third-order valence-electron chi connectivity index (χ3n) is 2.21. The zero-order valence-electron chi connectivity index (χ0n) is 8.98. The number of hydrogen-bond acceptors (Lipinski definition) is 3. The van der Waals surface area contributed by atoms with Gasteiger partial charge in [0.05, 0.1) is 11.9 Å². The summed E-state index contributed by atoms with van der Waals surface area (Å²) in [6.45, 7) is 2.18. The molecule has 0 spiro atoms. The van der Waals surface area contributed by atoms with Crippen molar-refractivity contribution in [2.24, 2.45) is 0 Å². The van der Waals surface area contributed by atoms with Crippen LogP contribution in [0.2, 0.25) is 0 Å². The van der Waals surface area contributed by atoms with Crippen molar-refractivity contribution < 1.29 is 0 Å². The van der Waals surface area contributed by atoms with Crippen molar-refractivity contribution in [3.05, 3.63) is 45.3 Å². The summed E-state index contributed by atoms with van der Waals surface area (Å²) in [5, 5.41) is 5.55. The van der Waals surface area contributed by atoms with Crippen LogP contribution in [0.4, 0.5) is 5.69 Å². The second kappa shape index (κ2) is 5.46. The molecule has 2 rings (SSSR count). The van der Waals surface area contributed by atoms with Gasteiger partial charge in [-0.2, -0.15) is 0 Å². The predicted octanol–water partition coefficient (Wildman–Crippen LogP) is 3.95. The molecular formula is C12H13BrN2S. The minimum atomic E-state index is 0.412. The van der Waals surface area contributed by atoms with Gasteiger partial charge in [-0.1, -0.05) is 6.07 Å². The van der Waals surface area contributed by atoms with Gasteiger partial charge >= 0.3 is 0 Å². The highest BCUT2D eigenvalue weighted by Gasteiger charge is 2.04. The predicted molar refractivity (Wildman–Crippen MR) is 73.0 cm³/mol. The van der Waals surface area contributed by atoms with E-state index in [-0.39, 0.29) is 0 Å². The van der Waals surface area contributed by atoms with E-state index in [1.54, 1.807) is 17.5 Å². The van der Waals surface area contributed by atoms with E-state index < -0.39 is 0 Å². The Morgan fingerprint density at radius 1 is 1.50 bits per heavy atom. The summed E-state index contributed by atoms with van der Waals surface area (Å²) < 4.78 is 1.00. The van der Waals surface area contributed by atoms with Gasteiger partial charge in [-0.3, -0.25) is 4.98 Å². The van der Waals surface area contributed by atoms with Crippen LogP contribution in [0.25, 0.3) is 0 Å². The SMILES string of the molecule is CC(Cc1cccs1)Nc1cncc(Br)c1. The molecule has 4 heteroatoms. The van der Waals surface area contributed by atoms with Crippen molar-refractivity contribution in [1.29, 1.82) is 0 Å². The number of nitrogens with one attached hydrogen (secondary N) is 1. The Balaban J connectivity index is 1.94. The summed E-state index contributed by atoms with van der Waals surface area (Å²) in [6, 6.07) is 6.71. The third kappa shape index (κ3) is 3.32.